The van der Waals surface area contributed by atoms with E-state index in [9.17, 15) is 14.7 Å². The summed E-state index contributed by atoms with van der Waals surface area (Å²) in [5.74, 6) is -1.68. The van der Waals surface area contributed by atoms with Gasteiger partial charge in [-0.25, -0.2) is 0 Å². The van der Waals surface area contributed by atoms with Gasteiger partial charge in [0.15, 0.2) is 0 Å². The number of amides is 1. The van der Waals surface area contributed by atoms with Crippen LogP contribution < -0.4 is 0 Å². The topological polar surface area (TPSA) is 60.9 Å². The number of carboxylic acid groups (broad SMARTS) is 1. The summed E-state index contributed by atoms with van der Waals surface area (Å²) in [6.07, 6.45) is 4.86. The van der Waals surface area contributed by atoms with Gasteiger partial charge in [-0.1, -0.05) is 72.8 Å². The third-order valence-corrected chi connectivity index (χ3v) is 7.25. The highest BCUT2D eigenvalue weighted by Crippen LogP contribution is 2.49. The quantitative estimate of drug-likeness (QED) is 0.759. The summed E-state index contributed by atoms with van der Waals surface area (Å²) in [6, 6.07) is 21.1. The average molecular weight is 417 g/mol. The third kappa shape index (κ3) is 3.68. The lowest BCUT2D eigenvalue weighted by atomic mass is 9.82. The summed E-state index contributed by atoms with van der Waals surface area (Å²) in [7, 11) is 0. The molecule has 5 nitrogen and oxygen atoms in total. The van der Waals surface area contributed by atoms with Crippen LogP contribution in [-0.2, 0) is 9.59 Å². The second-order valence-electron chi connectivity index (χ2n) is 8.92. The molecule has 4 atom stereocenters. The van der Waals surface area contributed by atoms with Gasteiger partial charge in [0.25, 0.3) is 0 Å². The second kappa shape index (κ2) is 8.31. The molecule has 1 heterocycles. The molecule has 2 aliphatic carbocycles. The first-order chi connectivity index (χ1) is 15.1. The number of allylic oxidation sites excluding steroid dienone is 2. The minimum atomic E-state index is -0.831. The summed E-state index contributed by atoms with van der Waals surface area (Å²) >= 11 is 0. The fourth-order valence-corrected chi connectivity index (χ4v) is 5.79. The number of benzene rings is 2. The Morgan fingerprint density at radius 3 is 1.81 bits per heavy atom. The van der Waals surface area contributed by atoms with E-state index in [4.69, 9.17) is 0 Å². The van der Waals surface area contributed by atoms with Gasteiger partial charge in [-0.2, -0.15) is 0 Å². The molecule has 2 fully saturated rings. The van der Waals surface area contributed by atoms with Crippen LogP contribution in [0, 0.1) is 23.7 Å². The van der Waals surface area contributed by atoms with E-state index in [0.29, 0.717) is 13.1 Å². The molecule has 5 rings (SSSR count). The maximum absolute atomic E-state index is 13.3. The Morgan fingerprint density at radius 2 is 1.29 bits per heavy atom. The molecule has 5 heteroatoms. The van der Waals surface area contributed by atoms with Crippen molar-refractivity contribution in [2.75, 3.05) is 26.2 Å². The average Bonchev–Trinajstić information content (AvgIpc) is 3.43. The monoisotopic (exact) mass is 416 g/mol. The Morgan fingerprint density at radius 1 is 0.774 bits per heavy atom. The summed E-state index contributed by atoms with van der Waals surface area (Å²) in [5.41, 5.74) is 2.50. The fourth-order valence-electron chi connectivity index (χ4n) is 5.79. The normalized spacial score (nSPS) is 27.7. The third-order valence-electron chi connectivity index (χ3n) is 7.25. The number of carbonyl (C=O) groups excluding carboxylic acids is 1. The molecular weight excluding hydrogens is 388 g/mol. The van der Waals surface area contributed by atoms with Crippen LogP contribution in [-0.4, -0.2) is 53.0 Å². The van der Waals surface area contributed by atoms with Crippen molar-refractivity contribution in [3.05, 3.63) is 83.9 Å². The molecule has 1 amide bonds. The lowest BCUT2D eigenvalue weighted by Crippen LogP contribution is -2.53. The molecule has 0 radical (unpaired) electrons. The predicted molar refractivity (Wildman–Crippen MR) is 118 cm³/mol. The van der Waals surface area contributed by atoms with Crippen molar-refractivity contribution in [1.29, 1.82) is 0 Å². The van der Waals surface area contributed by atoms with Gasteiger partial charge in [-0.15, -0.1) is 0 Å². The van der Waals surface area contributed by atoms with E-state index in [1.807, 2.05) is 23.1 Å². The van der Waals surface area contributed by atoms with Gasteiger partial charge >= 0.3 is 5.97 Å². The second-order valence-corrected chi connectivity index (χ2v) is 8.92. The zero-order chi connectivity index (χ0) is 21.4. The molecule has 1 saturated heterocycles. The maximum Gasteiger partial charge on any atom is 0.307 e. The van der Waals surface area contributed by atoms with E-state index in [1.54, 1.807) is 0 Å². The molecule has 1 N–H and O–H groups in total. The number of hydrogen-bond donors (Lipinski definition) is 1. The molecule has 0 unspecified atom stereocenters. The van der Waals surface area contributed by atoms with Crippen LogP contribution >= 0.6 is 0 Å². The van der Waals surface area contributed by atoms with Crippen molar-refractivity contribution in [2.24, 2.45) is 23.7 Å². The smallest absolute Gasteiger partial charge is 0.307 e. The number of rotatable bonds is 5. The molecule has 0 aromatic heterocycles. The van der Waals surface area contributed by atoms with E-state index in [1.165, 1.54) is 11.1 Å². The van der Waals surface area contributed by atoms with E-state index in [0.717, 1.165) is 19.5 Å². The van der Waals surface area contributed by atoms with Gasteiger partial charge in [-0.05, 0) is 29.4 Å². The van der Waals surface area contributed by atoms with Gasteiger partial charge in [0.1, 0.15) is 0 Å². The molecule has 1 aliphatic heterocycles. The van der Waals surface area contributed by atoms with Gasteiger partial charge < -0.3 is 10.0 Å². The van der Waals surface area contributed by atoms with Crippen LogP contribution in [0.3, 0.4) is 0 Å². The molecule has 31 heavy (non-hydrogen) atoms. The highest BCUT2D eigenvalue weighted by atomic mass is 16.4. The Labute approximate surface area is 183 Å². The molecule has 160 valence electrons. The number of hydrogen-bond acceptors (Lipinski definition) is 3. The summed E-state index contributed by atoms with van der Waals surface area (Å²) in [5, 5.41) is 9.71. The van der Waals surface area contributed by atoms with Crippen molar-refractivity contribution >= 4 is 11.9 Å². The van der Waals surface area contributed by atoms with Crippen molar-refractivity contribution in [3.8, 4) is 0 Å². The molecule has 2 bridgehead atoms. The summed E-state index contributed by atoms with van der Waals surface area (Å²) in [4.78, 5) is 29.5. The molecular formula is C26H28N2O3. The van der Waals surface area contributed by atoms with Crippen LogP contribution in [0.1, 0.15) is 23.6 Å². The van der Waals surface area contributed by atoms with E-state index in [-0.39, 0.29) is 23.8 Å². The minimum Gasteiger partial charge on any atom is -0.481 e. The zero-order valence-corrected chi connectivity index (χ0v) is 17.5. The maximum atomic E-state index is 13.3. The highest BCUT2D eigenvalue weighted by Gasteiger charge is 2.52. The number of nitrogens with zero attached hydrogens (tertiary/aromatic N) is 2. The van der Waals surface area contributed by atoms with Gasteiger partial charge in [-0.3, -0.25) is 14.5 Å². The van der Waals surface area contributed by atoms with Crippen molar-refractivity contribution < 1.29 is 14.7 Å². The first-order valence-corrected chi connectivity index (χ1v) is 11.2. The summed E-state index contributed by atoms with van der Waals surface area (Å²) in [6.45, 7) is 2.82. The van der Waals surface area contributed by atoms with Crippen LogP contribution in [0.15, 0.2) is 72.8 Å². The van der Waals surface area contributed by atoms with Crippen LogP contribution in [0.2, 0.25) is 0 Å². The number of carboxylic acids is 1. The SMILES string of the molecule is O=C(O)[C@@H]1[C@H](C(=O)N2CCN(C(c3ccccc3)c3ccccc3)CC2)[C@H]2C=C[C@H]1C2. The van der Waals surface area contributed by atoms with E-state index < -0.39 is 17.8 Å². The zero-order valence-electron chi connectivity index (χ0n) is 17.5. The number of fused-ring (bicyclic) bond motifs is 2. The molecule has 0 spiro atoms. The number of piperazine rings is 1. The van der Waals surface area contributed by atoms with Crippen LogP contribution in [0.4, 0.5) is 0 Å². The molecule has 2 aromatic rings. The Balaban J connectivity index is 1.32. The fraction of sp³-hybridized carbons (Fsp3) is 0.385. The lowest BCUT2D eigenvalue weighted by Gasteiger charge is -2.41. The lowest BCUT2D eigenvalue weighted by molar-refractivity contribution is -0.151. The molecule has 3 aliphatic rings. The number of carbonyl (C=O) groups is 2. The minimum absolute atomic E-state index is 0.0123. The Kier molecular flexibility index (Phi) is 5.36. The largest absolute Gasteiger partial charge is 0.481 e. The highest BCUT2D eigenvalue weighted by molar-refractivity contribution is 5.87. The van der Waals surface area contributed by atoms with Gasteiger partial charge in [0, 0.05) is 26.2 Å². The first kappa shape index (κ1) is 20.0. The van der Waals surface area contributed by atoms with Crippen molar-refractivity contribution in [2.45, 2.75) is 12.5 Å². The van der Waals surface area contributed by atoms with Gasteiger partial charge in [0.05, 0.1) is 17.9 Å². The Hall–Kier alpha value is -2.92. The van der Waals surface area contributed by atoms with Crippen LogP contribution in [0.25, 0.3) is 0 Å². The summed E-state index contributed by atoms with van der Waals surface area (Å²) < 4.78 is 0. The van der Waals surface area contributed by atoms with Crippen LogP contribution in [0.5, 0.6) is 0 Å². The standard InChI is InChI=1S/C26H28N2O3/c29-25(22-20-11-12-21(17-20)23(22)26(30)31)28-15-13-27(14-16-28)24(18-7-3-1-4-8-18)19-9-5-2-6-10-19/h1-12,20-24H,13-17H2,(H,30,31)/t20-,21-,22+,23-/m0/s1. The van der Waals surface area contributed by atoms with E-state index >= 15 is 0 Å². The van der Waals surface area contributed by atoms with Crippen molar-refractivity contribution in [3.63, 3.8) is 0 Å². The number of aliphatic carboxylic acids is 1. The predicted octanol–water partition coefficient (Wildman–Crippen LogP) is 3.44. The Bertz CT molecular complexity index is 927. The first-order valence-electron chi connectivity index (χ1n) is 11.2. The molecule has 1 saturated carbocycles. The van der Waals surface area contributed by atoms with E-state index in [2.05, 4.69) is 59.5 Å². The van der Waals surface area contributed by atoms with Gasteiger partial charge in [0.2, 0.25) is 5.91 Å². The molecule has 2 aromatic carbocycles. The van der Waals surface area contributed by atoms with Crippen molar-refractivity contribution in [1.82, 2.24) is 9.80 Å².